The summed E-state index contributed by atoms with van der Waals surface area (Å²) in [6.45, 7) is 12.0. The number of thioether (sulfide) groups is 1. The summed E-state index contributed by atoms with van der Waals surface area (Å²) in [5.41, 5.74) is 3.62. The minimum Gasteiger partial charge on any atom is -0.495 e. The Balaban J connectivity index is 0.000000202. The average Bonchev–Trinajstić information content (AvgIpc) is 3.67. The van der Waals surface area contributed by atoms with E-state index in [0.717, 1.165) is 16.1 Å². The fraction of sp³-hybridized carbons (Fsp3) is 0.300. The number of benzene rings is 4. The van der Waals surface area contributed by atoms with Crippen molar-refractivity contribution >= 4 is 44.8 Å². The smallest absolute Gasteiger partial charge is 0.259 e. The van der Waals surface area contributed by atoms with Gasteiger partial charge < -0.3 is 9.47 Å². The lowest BCUT2D eigenvalue weighted by Gasteiger charge is -2.24. The number of fused-ring (bicyclic) bond motifs is 2. The number of para-hydroxylation sites is 2. The van der Waals surface area contributed by atoms with Crippen molar-refractivity contribution in [1.29, 1.82) is 10.5 Å². The number of sulfone groups is 1. The number of hydrogen-bond donors (Lipinski definition) is 0. The number of nitrogens with zero attached hydrogens (tertiary/aromatic N) is 4. The number of carbonyl (C=O) groups is 2. The van der Waals surface area contributed by atoms with Crippen LogP contribution in [-0.4, -0.2) is 46.2 Å². The summed E-state index contributed by atoms with van der Waals surface area (Å²) in [7, 11) is -0.521. The van der Waals surface area contributed by atoms with E-state index < -0.39 is 21.6 Å². The molecule has 0 spiro atoms. The van der Waals surface area contributed by atoms with E-state index in [-0.39, 0.29) is 32.8 Å². The van der Waals surface area contributed by atoms with E-state index in [2.05, 4.69) is 12.1 Å². The van der Waals surface area contributed by atoms with Crippen molar-refractivity contribution in [2.75, 3.05) is 35.8 Å². The number of anilines is 2. The van der Waals surface area contributed by atoms with Crippen LogP contribution in [0.25, 0.3) is 0 Å². The Kier molecular flexibility index (Phi) is 10.5. The molecule has 2 aliphatic heterocycles. The number of methoxy groups -OCH3 is 2. The zero-order valence-electron chi connectivity index (χ0n) is 30.4. The second kappa shape index (κ2) is 14.4. The van der Waals surface area contributed by atoms with Crippen molar-refractivity contribution in [1.82, 2.24) is 0 Å². The molecule has 0 atom stereocenters. The van der Waals surface area contributed by atoms with Gasteiger partial charge in [-0.25, -0.2) is 8.42 Å². The second-order valence-corrected chi connectivity index (χ2v) is 17.3. The highest BCUT2D eigenvalue weighted by Gasteiger charge is 2.37. The largest absolute Gasteiger partial charge is 0.495 e. The Hall–Kier alpha value is -5.30. The summed E-state index contributed by atoms with van der Waals surface area (Å²) >= 11 is 1.64. The van der Waals surface area contributed by atoms with Gasteiger partial charge in [-0.15, -0.1) is 11.8 Å². The number of ether oxygens (including phenoxy) is 2. The Labute approximate surface area is 309 Å². The summed E-state index contributed by atoms with van der Waals surface area (Å²) in [5.74, 6) is 0.579. The van der Waals surface area contributed by atoms with Crippen LogP contribution < -0.4 is 19.3 Å². The predicted molar refractivity (Wildman–Crippen MR) is 202 cm³/mol. The van der Waals surface area contributed by atoms with Gasteiger partial charge in [0.2, 0.25) is 0 Å². The number of carbonyl (C=O) groups excluding carboxylic acids is 2. The zero-order chi connectivity index (χ0) is 38.2. The molecule has 0 unspecified atom stereocenters. The van der Waals surface area contributed by atoms with Crippen LogP contribution in [0.5, 0.6) is 11.5 Å². The lowest BCUT2D eigenvalue weighted by molar-refractivity contribution is 0.0983. The molecule has 4 aromatic rings. The van der Waals surface area contributed by atoms with Crippen molar-refractivity contribution in [2.45, 2.75) is 62.2 Å². The maximum atomic E-state index is 13.2. The molecule has 0 saturated heterocycles. The first-order valence-electron chi connectivity index (χ1n) is 16.4. The highest BCUT2D eigenvalue weighted by atomic mass is 32.2. The van der Waals surface area contributed by atoms with Gasteiger partial charge in [0.1, 0.15) is 29.5 Å². The molecule has 0 N–H and O–H groups in total. The van der Waals surface area contributed by atoms with Gasteiger partial charge in [0.25, 0.3) is 11.8 Å². The number of amides is 2. The molecule has 2 amide bonds. The predicted octanol–water partition coefficient (Wildman–Crippen LogP) is 7.83. The van der Waals surface area contributed by atoms with Crippen molar-refractivity contribution < 1.29 is 27.5 Å². The highest BCUT2D eigenvalue weighted by Crippen LogP contribution is 2.41. The molecule has 12 heteroatoms. The molecule has 4 aromatic carbocycles. The molecule has 2 aliphatic rings. The van der Waals surface area contributed by atoms with E-state index >= 15 is 0 Å². The molecule has 0 bridgehead atoms. The summed E-state index contributed by atoms with van der Waals surface area (Å²) in [6, 6.07) is 25.1. The standard InChI is InChI=1S/C20H20N2O4S.C20H20N2O2S/c1-20(2,3)15-10-13(9-14(11-21)18(15)26-4)19(23)22-12-27(24,25)17-8-6-5-7-16(17)22;1-20(2,3)15-10-13(9-14(11-21)18(15)24-4)19(23)22-12-25-17-8-6-5-7-16(17)22/h5-10H,12H2,1-4H3;5-10H,12H2,1-4H3. The Bertz CT molecular complexity index is 2280. The number of nitriles is 2. The van der Waals surface area contributed by atoms with Gasteiger partial charge in [-0.1, -0.05) is 65.8 Å². The van der Waals surface area contributed by atoms with Gasteiger partial charge in [-0.2, -0.15) is 10.5 Å². The first-order valence-corrected chi connectivity index (χ1v) is 19.0. The Morgan fingerprint density at radius 2 is 1.17 bits per heavy atom. The summed E-state index contributed by atoms with van der Waals surface area (Å²) in [6.07, 6.45) is 0. The van der Waals surface area contributed by atoms with E-state index in [1.54, 1.807) is 54.1 Å². The second-order valence-electron chi connectivity index (χ2n) is 14.4. The van der Waals surface area contributed by atoms with Gasteiger partial charge in [0.05, 0.1) is 47.5 Å². The van der Waals surface area contributed by atoms with Crippen molar-refractivity contribution in [2.24, 2.45) is 0 Å². The summed E-state index contributed by atoms with van der Waals surface area (Å²) < 4.78 is 35.6. The van der Waals surface area contributed by atoms with E-state index in [1.165, 1.54) is 24.1 Å². The number of hydrogen-bond acceptors (Lipinski definition) is 9. The molecule has 268 valence electrons. The first kappa shape index (κ1) is 37.9. The van der Waals surface area contributed by atoms with Crippen LogP contribution in [0.15, 0.2) is 82.6 Å². The third-order valence-corrected chi connectivity index (χ3v) is 11.4. The Morgan fingerprint density at radius 1 is 0.712 bits per heavy atom. The molecular weight excluding hydrogens is 697 g/mol. The maximum Gasteiger partial charge on any atom is 0.259 e. The molecule has 52 heavy (non-hydrogen) atoms. The summed E-state index contributed by atoms with van der Waals surface area (Å²) in [5, 5.41) is 19.0. The molecule has 2 heterocycles. The minimum atomic E-state index is -3.56. The van der Waals surface area contributed by atoms with Crippen molar-refractivity contribution in [3.63, 3.8) is 0 Å². The van der Waals surface area contributed by atoms with Crippen molar-refractivity contribution in [3.8, 4) is 23.6 Å². The van der Waals surface area contributed by atoms with Crippen LogP contribution in [0.1, 0.15) is 84.5 Å². The quantitative estimate of drug-likeness (QED) is 0.205. The molecular formula is C40H40N4O6S2. The fourth-order valence-electron chi connectivity index (χ4n) is 6.13. The number of rotatable bonds is 4. The first-order chi connectivity index (χ1) is 24.5. The van der Waals surface area contributed by atoms with Crippen LogP contribution in [0, 0.1) is 22.7 Å². The van der Waals surface area contributed by atoms with Crippen LogP contribution in [0.2, 0.25) is 0 Å². The maximum absolute atomic E-state index is 13.2. The van der Waals surface area contributed by atoms with Crippen molar-refractivity contribution in [3.05, 3.63) is 106 Å². The molecule has 0 aromatic heterocycles. The topological polar surface area (TPSA) is 141 Å². The van der Waals surface area contributed by atoms with Gasteiger partial charge in [-0.05, 0) is 59.4 Å². The monoisotopic (exact) mass is 736 g/mol. The van der Waals surface area contributed by atoms with Crippen LogP contribution in [-0.2, 0) is 20.7 Å². The van der Waals surface area contributed by atoms with Gasteiger partial charge in [0, 0.05) is 27.1 Å². The fourth-order valence-corrected chi connectivity index (χ4v) is 8.67. The molecule has 10 nitrogen and oxygen atoms in total. The zero-order valence-corrected chi connectivity index (χ0v) is 32.0. The SMILES string of the molecule is COc1c(C#N)cc(C(=O)N2CS(=O)(=O)c3ccccc32)cc1C(C)(C)C.COc1c(C#N)cc(C(=O)N2CSc3ccccc32)cc1C(C)(C)C. The van der Waals surface area contributed by atoms with Gasteiger partial charge in [-0.3, -0.25) is 19.4 Å². The third-order valence-electron chi connectivity index (χ3n) is 8.72. The van der Waals surface area contributed by atoms with Crippen LogP contribution >= 0.6 is 11.8 Å². The molecule has 0 aliphatic carbocycles. The third kappa shape index (κ3) is 7.22. The molecule has 6 rings (SSSR count). The highest BCUT2D eigenvalue weighted by molar-refractivity contribution is 8.00. The normalized spacial score (nSPS) is 14.3. The van der Waals surface area contributed by atoms with E-state index in [4.69, 9.17) is 9.47 Å². The van der Waals surface area contributed by atoms with E-state index in [1.807, 2.05) is 71.9 Å². The van der Waals surface area contributed by atoms with E-state index in [9.17, 15) is 28.5 Å². The van der Waals surface area contributed by atoms with E-state index in [0.29, 0.717) is 39.8 Å². The van der Waals surface area contributed by atoms with Gasteiger partial charge in [0.15, 0.2) is 9.84 Å². The average molecular weight is 737 g/mol. The van der Waals surface area contributed by atoms with Crippen LogP contribution in [0.4, 0.5) is 11.4 Å². The van der Waals surface area contributed by atoms with Crippen LogP contribution in [0.3, 0.4) is 0 Å². The lowest BCUT2D eigenvalue weighted by Crippen LogP contribution is -2.31. The molecule has 0 radical (unpaired) electrons. The molecule has 0 saturated carbocycles. The summed E-state index contributed by atoms with van der Waals surface area (Å²) in [4.78, 5) is 30.5. The van der Waals surface area contributed by atoms with Gasteiger partial charge >= 0.3 is 0 Å². The minimum absolute atomic E-state index is 0.0953. The molecule has 0 fully saturated rings. The Morgan fingerprint density at radius 3 is 1.65 bits per heavy atom. The lowest BCUT2D eigenvalue weighted by atomic mass is 9.84.